The van der Waals surface area contributed by atoms with Crippen LogP contribution in [0.3, 0.4) is 0 Å². The third-order valence-electron chi connectivity index (χ3n) is 5.57. The highest BCUT2D eigenvalue weighted by atomic mass is 19.1. The molecule has 1 aromatic rings. The van der Waals surface area contributed by atoms with Crippen molar-refractivity contribution in [3.8, 4) is 5.75 Å². The van der Waals surface area contributed by atoms with E-state index in [1.807, 2.05) is 0 Å². The Labute approximate surface area is 143 Å². The standard InChI is InChI=1S/C19H27FN2O2/c20-14-5-6-19(24-13-17-4-2-10-23-17)18(11-14)21-15-7-9-22-8-1-3-16(22)12-15/h5-6,11,15-17,21H,1-4,7-10,12-13H2/t15-,16+,17+/m1/s1. The minimum atomic E-state index is -0.222. The van der Waals surface area contributed by atoms with Crippen LogP contribution < -0.4 is 10.1 Å². The minimum absolute atomic E-state index is 0.171. The molecule has 0 saturated carbocycles. The van der Waals surface area contributed by atoms with Gasteiger partial charge in [0, 0.05) is 31.3 Å². The van der Waals surface area contributed by atoms with Gasteiger partial charge < -0.3 is 19.7 Å². The van der Waals surface area contributed by atoms with Crippen LogP contribution in [-0.4, -0.2) is 49.4 Å². The third-order valence-corrected chi connectivity index (χ3v) is 5.57. The second kappa shape index (κ2) is 7.28. The molecule has 4 rings (SSSR count). The normalized spacial score (nSPS) is 30.3. The van der Waals surface area contributed by atoms with E-state index in [-0.39, 0.29) is 11.9 Å². The summed E-state index contributed by atoms with van der Waals surface area (Å²) in [6.45, 7) is 3.75. The van der Waals surface area contributed by atoms with Crippen LogP contribution in [0.1, 0.15) is 38.5 Å². The number of hydrogen-bond donors (Lipinski definition) is 1. The molecule has 132 valence electrons. The zero-order valence-corrected chi connectivity index (χ0v) is 14.2. The molecule has 0 spiro atoms. The van der Waals surface area contributed by atoms with Crippen molar-refractivity contribution in [3.05, 3.63) is 24.0 Å². The predicted molar refractivity (Wildman–Crippen MR) is 92.1 cm³/mol. The highest BCUT2D eigenvalue weighted by Crippen LogP contribution is 2.32. The summed E-state index contributed by atoms with van der Waals surface area (Å²) in [5.41, 5.74) is 0.782. The number of ether oxygens (including phenoxy) is 2. The monoisotopic (exact) mass is 334 g/mol. The first-order chi connectivity index (χ1) is 11.8. The Morgan fingerprint density at radius 1 is 1.21 bits per heavy atom. The van der Waals surface area contributed by atoms with Crippen LogP contribution in [0.4, 0.5) is 10.1 Å². The number of halogens is 1. The number of fused-ring (bicyclic) bond motifs is 1. The van der Waals surface area contributed by atoms with E-state index in [0.717, 1.165) is 50.3 Å². The molecule has 0 aromatic heterocycles. The van der Waals surface area contributed by atoms with E-state index in [1.54, 1.807) is 12.1 Å². The molecule has 0 radical (unpaired) electrons. The lowest BCUT2D eigenvalue weighted by Crippen LogP contribution is -2.42. The van der Waals surface area contributed by atoms with Crippen molar-refractivity contribution in [2.75, 3.05) is 31.6 Å². The van der Waals surface area contributed by atoms with E-state index in [2.05, 4.69) is 10.2 Å². The molecule has 3 fully saturated rings. The topological polar surface area (TPSA) is 33.7 Å². The Balaban J connectivity index is 1.40. The molecular formula is C19H27FN2O2. The zero-order chi connectivity index (χ0) is 16.4. The molecule has 5 heteroatoms. The Morgan fingerprint density at radius 3 is 3.04 bits per heavy atom. The second-order valence-electron chi connectivity index (χ2n) is 7.28. The maximum Gasteiger partial charge on any atom is 0.142 e. The van der Waals surface area contributed by atoms with E-state index < -0.39 is 0 Å². The van der Waals surface area contributed by atoms with E-state index in [1.165, 1.54) is 25.5 Å². The summed E-state index contributed by atoms with van der Waals surface area (Å²) in [5, 5.41) is 3.55. The first-order valence-corrected chi connectivity index (χ1v) is 9.32. The summed E-state index contributed by atoms with van der Waals surface area (Å²) in [4.78, 5) is 2.60. The molecule has 0 bridgehead atoms. The molecular weight excluding hydrogens is 307 g/mol. The van der Waals surface area contributed by atoms with Crippen LogP contribution in [0.15, 0.2) is 18.2 Å². The van der Waals surface area contributed by atoms with Gasteiger partial charge in [-0.2, -0.15) is 0 Å². The van der Waals surface area contributed by atoms with E-state index in [0.29, 0.717) is 18.7 Å². The number of hydrogen-bond acceptors (Lipinski definition) is 4. The maximum absolute atomic E-state index is 13.7. The number of benzene rings is 1. The van der Waals surface area contributed by atoms with Gasteiger partial charge in [0.25, 0.3) is 0 Å². The fraction of sp³-hybridized carbons (Fsp3) is 0.684. The summed E-state index contributed by atoms with van der Waals surface area (Å²) < 4.78 is 25.3. The maximum atomic E-state index is 13.7. The van der Waals surface area contributed by atoms with Crippen molar-refractivity contribution in [1.82, 2.24) is 4.90 Å². The van der Waals surface area contributed by atoms with Gasteiger partial charge in [-0.15, -0.1) is 0 Å². The Morgan fingerprint density at radius 2 is 2.17 bits per heavy atom. The largest absolute Gasteiger partial charge is 0.489 e. The number of anilines is 1. The van der Waals surface area contributed by atoms with Crippen LogP contribution in [0.2, 0.25) is 0 Å². The number of piperidine rings is 1. The zero-order valence-electron chi connectivity index (χ0n) is 14.2. The molecule has 24 heavy (non-hydrogen) atoms. The number of nitrogens with one attached hydrogen (secondary N) is 1. The van der Waals surface area contributed by atoms with Gasteiger partial charge in [0.2, 0.25) is 0 Å². The Hall–Kier alpha value is -1.33. The van der Waals surface area contributed by atoms with Gasteiger partial charge in [0.05, 0.1) is 11.8 Å². The fourth-order valence-corrected chi connectivity index (χ4v) is 4.27. The lowest BCUT2D eigenvalue weighted by atomic mass is 9.97. The lowest BCUT2D eigenvalue weighted by Gasteiger charge is -2.35. The van der Waals surface area contributed by atoms with Crippen molar-refractivity contribution in [2.24, 2.45) is 0 Å². The van der Waals surface area contributed by atoms with Gasteiger partial charge in [-0.05, 0) is 57.2 Å². The summed E-state index contributed by atoms with van der Waals surface area (Å²) in [5.74, 6) is 0.515. The van der Waals surface area contributed by atoms with Crippen molar-refractivity contribution in [3.63, 3.8) is 0 Å². The van der Waals surface area contributed by atoms with Crippen molar-refractivity contribution >= 4 is 5.69 Å². The average molecular weight is 334 g/mol. The molecule has 3 heterocycles. The van der Waals surface area contributed by atoms with Crippen LogP contribution in [0.25, 0.3) is 0 Å². The number of rotatable bonds is 5. The molecule has 1 aromatic carbocycles. The van der Waals surface area contributed by atoms with Crippen molar-refractivity contribution in [2.45, 2.75) is 56.7 Å². The molecule has 3 aliphatic heterocycles. The first kappa shape index (κ1) is 16.2. The van der Waals surface area contributed by atoms with Gasteiger partial charge in [0.15, 0.2) is 0 Å². The average Bonchev–Trinajstić information content (AvgIpc) is 3.25. The molecule has 1 N–H and O–H groups in total. The van der Waals surface area contributed by atoms with Crippen LogP contribution in [0.5, 0.6) is 5.75 Å². The molecule has 4 nitrogen and oxygen atoms in total. The summed E-state index contributed by atoms with van der Waals surface area (Å²) >= 11 is 0. The van der Waals surface area contributed by atoms with Crippen LogP contribution in [-0.2, 0) is 4.74 Å². The highest BCUT2D eigenvalue weighted by Gasteiger charge is 2.32. The molecule has 3 aliphatic rings. The van der Waals surface area contributed by atoms with Gasteiger partial charge >= 0.3 is 0 Å². The molecule has 0 amide bonds. The van der Waals surface area contributed by atoms with Gasteiger partial charge in [-0.3, -0.25) is 0 Å². The predicted octanol–water partition coefficient (Wildman–Crippen LogP) is 3.42. The van der Waals surface area contributed by atoms with Gasteiger partial charge in [-0.1, -0.05) is 0 Å². The minimum Gasteiger partial charge on any atom is -0.489 e. The quantitative estimate of drug-likeness (QED) is 0.895. The van der Waals surface area contributed by atoms with Crippen molar-refractivity contribution in [1.29, 1.82) is 0 Å². The molecule has 0 aliphatic carbocycles. The third kappa shape index (κ3) is 3.67. The molecule has 0 unspecified atom stereocenters. The summed E-state index contributed by atoms with van der Waals surface area (Å²) in [6, 6.07) is 5.86. The molecule has 3 atom stereocenters. The SMILES string of the molecule is Fc1ccc(OC[C@@H]2CCCO2)c(N[C@@H]2CCN3CCC[C@H]3C2)c1. The first-order valence-electron chi connectivity index (χ1n) is 9.32. The summed E-state index contributed by atoms with van der Waals surface area (Å²) in [6.07, 6.45) is 7.17. The highest BCUT2D eigenvalue weighted by molar-refractivity contribution is 5.57. The smallest absolute Gasteiger partial charge is 0.142 e. The Kier molecular flexibility index (Phi) is 4.90. The van der Waals surface area contributed by atoms with Crippen molar-refractivity contribution < 1.29 is 13.9 Å². The van der Waals surface area contributed by atoms with Crippen LogP contribution in [0, 0.1) is 5.82 Å². The van der Waals surface area contributed by atoms with E-state index >= 15 is 0 Å². The van der Waals surface area contributed by atoms with Gasteiger partial charge in [-0.25, -0.2) is 4.39 Å². The Bertz CT molecular complexity index is 562. The fourth-order valence-electron chi connectivity index (χ4n) is 4.27. The van der Waals surface area contributed by atoms with Crippen LogP contribution >= 0.6 is 0 Å². The van der Waals surface area contributed by atoms with Gasteiger partial charge in [0.1, 0.15) is 18.2 Å². The number of nitrogens with zero attached hydrogens (tertiary/aromatic N) is 1. The van der Waals surface area contributed by atoms with E-state index in [9.17, 15) is 4.39 Å². The van der Waals surface area contributed by atoms with E-state index in [4.69, 9.17) is 9.47 Å². The second-order valence-corrected chi connectivity index (χ2v) is 7.28. The molecule has 3 saturated heterocycles. The summed E-state index contributed by atoms with van der Waals surface area (Å²) in [7, 11) is 0. The lowest BCUT2D eigenvalue weighted by molar-refractivity contribution is 0.0681.